The van der Waals surface area contributed by atoms with Crippen LogP contribution < -0.4 is 10.0 Å². The highest BCUT2D eigenvalue weighted by molar-refractivity contribution is 7.87. The van der Waals surface area contributed by atoms with Crippen molar-refractivity contribution in [3.05, 3.63) is 17.5 Å². The molecule has 25 heavy (non-hydrogen) atoms. The van der Waals surface area contributed by atoms with Crippen LogP contribution in [0.1, 0.15) is 37.6 Å². The average molecular weight is 373 g/mol. The molecule has 1 fully saturated rings. The Morgan fingerprint density at radius 2 is 2.24 bits per heavy atom. The zero-order chi connectivity index (χ0) is 18.8. The minimum Gasteiger partial charge on any atom is -0.383 e. The maximum absolute atomic E-state index is 12.6. The molecule has 2 rings (SSSR count). The molecule has 10 heteroatoms. The first-order chi connectivity index (χ1) is 11.7. The molecule has 9 nitrogen and oxygen atoms in total. The number of likely N-dealkylation sites (N-methyl/N-ethyl adjacent to an activating group) is 1. The summed E-state index contributed by atoms with van der Waals surface area (Å²) in [6, 6.07) is -1.48. The number of aryl methyl sites for hydroxylation is 2. The van der Waals surface area contributed by atoms with Crippen LogP contribution in [0.3, 0.4) is 0 Å². The van der Waals surface area contributed by atoms with Crippen molar-refractivity contribution < 1.29 is 17.9 Å². The predicted molar refractivity (Wildman–Crippen MR) is 93.1 cm³/mol. The molecule has 0 aliphatic carbocycles. The number of amides is 1. The third kappa shape index (κ3) is 4.38. The number of carbonyl (C=O) groups is 1. The quantitative estimate of drug-likeness (QED) is 0.727. The lowest BCUT2D eigenvalue weighted by atomic mass is 10.00. The van der Waals surface area contributed by atoms with Gasteiger partial charge in [0.05, 0.1) is 18.3 Å². The second-order valence-corrected chi connectivity index (χ2v) is 8.10. The maximum Gasteiger partial charge on any atom is 0.280 e. The molecule has 1 aliphatic rings. The maximum atomic E-state index is 12.6. The van der Waals surface area contributed by atoms with Crippen LogP contribution >= 0.6 is 0 Å². The Morgan fingerprint density at radius 3 is 2.80 bits per heavy atom. The van der Waals surface area contributed by atoms with Gasteiger partial charge in [-0.1, -0.05) is 0 Å². The van der Waals surface area contributed by atoms with Crippen LogP contribution in [0.4, 0.5) is 0 Å². The largest absolute Gasteiger partial charge is 0.383 e. The smallest absolute Gasteiger partial charge is 0.280 e. The van der Waals surface area contributed by atoms with Crippen molar-refractivity contribution >= 4 is 16.1 Å². The van der Waals surface area contributed by atoms with Gasteiger partial charge in [-0.3, -0.25) is 9.48 Å². The molecular weight excluding hydrogens is 346 g/mol. The molecule has 1 aliphatic heterocycles. The highest BCUT2D eigenvalue weighted by atomic mass is 32.2. The number of rotatable bonds is 6. The lowest BCUT2D eigenvalue weighted by Crippen LogP contribution is -2.58. The minimum atomic E-state index is -3.76. The van der Waals surface area contributed by atoms with E-state index in [9.17, 15) is 13.2 Å². The summed E-state index contributed by atoms with van der Waals surface area (Å²) in [5, 5.41) is 7.17. The van der Waals surface area contributed by atoms with E-state index < -0.39 is 22.3 Å². The van der Waals surface area contributed by atoms with Crippen molar-refractivity contribution in [1.82, 2.24) is 24.1 Å². The standard InChI is InChI=1S/C15H27N5O4S/c1-6-20-8-12(11(3)17-20)13-7-14(19(4)25(22,23)18-13)15(21)16-10(2)9-24-5/h8,10,13-14,18H,6-7,9H2,1-5H3,(H,16,21)/t10-,13-,14-/m0/s1. The van der Waals surface area contributed by atoms with Crippen molar-refractivity contribution in [2.75, 3.05) is 20.8 Å². The normalized spacial score (nSPS) is 24.8. The van der Waals surface area contributed by atoms with Gasteiger partial charge in [-0.25, -0.2) is 0 Å². The second kappa shape index (κ2) is 7.81. The van der Waals surface area contributed by atoms with Crippen LogP contribution in [-0.4, -0.2) is 61.3 Å². The van der Waals surface area contributed by atoms with E-state index in [2.05, 4.69) is 15.1 Å². The van der Waals surface area contributed by atoms with Crippen LogP contribution in [-0.2, 0) is 26.3 Å². The molecule has 0 radical (unpaired) electrons. The number of hydrogen-bond donors (Lipinski definition) is 2. The molecule has 0 saturated carbocycles. The molecule has 1 aromatic heterocycles. The second-order valence-electron chi connectivity index (χ2n) is 6.33. The lowest BCUT2D eigenvalue weighted by molar-refractivity contribution is -0.126. The molecule has 0 unspecified atom stereocenters. The van der Waals surface area contributed by atoms with Crippen molar-refractivity contribution in [2.45, 2.75) is 51.9 Å². The number of ether oxygens (including phenoxy) is 1. The highest BCUT2D eigenvalue weighted by Crippen LogP contribution is 2.29. The van der Waals surface area contributed by atoms with E-state index in [0.717, 1.165) is 15.6 Å². The third-order valence-corrected chi connectivity index (χ3v) is 5.96. The van der Waals surface area contributed by atoms with E-state index in [1.54, 1.807) is 11.8 Å². The predicted octanol–water partition coefficient (Wildman–Crippen LogP) is -0.0579. The molecule has 1 amide bonds. The molecule has 2 N–H and O–H groups in total. The highest BCUT2D eigenvalue weighted by Gasteiger charge is 2.41. The summed E-state index contributed by atoms with van der Waals surface area (Å²) in [6.07, 6.45) is 2.16. The first-order valence-corrected chi connectivity index (χ1v) is 9.72. The van der Waals surface area contributed by atoms with Crippen molar-refractivity contribution in [1.29, 1.82) is 0 Å². The zero-order valence-electron chi connectivity index (χ0n) is 15.3. The van der Waals surface area contributed by atoms with Crippen molar-refractivity contribution in [3.8, 4) is 0 Å². The molecular formula is C15H27N5O4S. The summed E-state index contributed by atoms with van der Waals surface area (Å²) in [5.41, 5.74) is 1.55. The monoisotopic (exact) mass is 373 g/mol. The van der Waals surface area contributed by atoms with Crippen LogP contribution in [0.2, 0.25) is 0 Å². The minimum absolute atomic E-state index is 0.202. The Kier molecular flexibility index (Phi) is 6.20. The van der Waals surface area contributed by atoms with Gasteiger partial charge in [0.25, 0.3) is 10.2 Å². The Balaban J connectivity index is 2.25. The van der Waals surface area contributed by atoms with Crippen LogP contribution in [0, 0.1) is 6.92 Å². The molecule has 142 valence electrons. The lowest BCUT2D eigenvalue weighted by Gasteiger charge is -2.36. The zero-order valence-corrected chi connectivity index (χ0v) is 16.1. The Bertz CT molecular complexity index is 718. The topological polar surface area (TPSA) is 106 Å². The molecule has 1 saturated heterocycles. The van der Waals surface area contributed by atoms with Crippen molar-refractivity contribution in [2.24, 2.45) is 0 Å². The molecule has 3 atom stereocenters. The number of aromatic nitrogens is 2. The van der Waals surface area contributed by atoms with Crippen LogP contribution in [0.15, 0.2) is 6.20 Å². The van der Waals surface area contributed by atoms with Gasteiger partial charge in [0.1, 0.15) is 6.04 Å². The fourth-order valence-electron chi connectivity index (χ4n) is 2.98. The van der Waals surface area contributed by atoms with Gasteiger partial charge in [-0.15, -0.1) is 0 Å². The number of methoxy groups -OCH3 is 1. The molecule has 2 heterocycles. The molecule has 0 spiro atoms. The van der Waals surface area contributed by atoms with Gasteiger partial charge in [0, 0.05) is 38.5 Å². The molecule has 1 aromatic rings. The first-order valence-electron chi connectivity index (χ1n) is 8.28. The van der Waals surface area contributed by atoms with Crippen LogP contribution in [0.5, 0.6) is 0 Å². The number of nitrogens with one attached hydrogen (secondary N) is 2. The molecule has 0 bridgehead atoms. The molecule has 0 aromatic carbocycles. The van der Waals surface area contributed by atoms with Gasteiger partial charge in [-0.05, 0) is 27.2 Å². The SMILES string of the molecule is CCn1cc([C@@H]2C[C@@H](C(=O)N[C@@H](C)COC)N(C)S(=O)(=O)N2)c(C)n1. The Morgan fingerprint density at radius 1 is 1.56 bits per heavy atom. The van der Waals surface area contributed by atoms with Gasteiger partial charge >= 0.3 is 0 Å². The summed E-state index contributed by atoms with van der Waals surface area (Å²) >= 11 is 0. The van der Waals surface area contributed by atoms with Gasteiger partial charge in [0.2, 0.25) is 5.91 Å². The fraction of sp³-hybridized carbons (Fsp3) is 0.733. The average Bonchev–Trinajstić information content (AvgIpc) is 2.91. The Hall–Kier alpha value is -1.49. The van der Waals surface area contributed by atoms with Gasteiger partial charge in [-0.2, -0.15) is 22.5 Å². The van der Waals surface area contributed by atoms with Crippen molar-refractivity contribution in [3.63, 3.8) is 0 Å². The van der Waals surface area contributed by atoms with E-state index in [1.807, 2.05) is 27.0 Å². The first kappa shape index (κ1) is 19.8. The van der Waals surface area contributed by atoms with E-state index in [0.29, 0.717) is 19.6 Å². The van der Waals surface area contributed by atoms with E-state index in [1.165, 1.54) is 7.05 Å². The summed E-state index contributed by atoms with van der Waals surface area (Å²) in [5.74, 6) is -0.331. The summed E-state index contributed by atoms with van der Waals surface area (Å²) in [4.78, 5) is 12.6. The Labute approximate surface area is 148 Å². The number of nitrogens with zero attached hydrogens (tertiary/aromatic N) is 3. The van der Waals surface area contributed by atoms with Gasteiger partial charge in [0.15, 0.2) is 0 Å². The summed E-state index contributed by atoms with van der Waals surface area (Å²) in [7, 11) is -0.803. The summed E-state index contributed by atoms with van der Waals surface area (Å²) < 4.78 is 35.4. The van der Waals surface area contributed by atoms with Gasteiger partial charge < -0.3 is 10.1 Å². The third-order valence-electron chi connectivity index (χ3n) is 4.36. The summed E-state index contributed by atoms with van der Waals surface area (Å²) in [6.45, 7) is 6.66. The van der Waals surface area contributed by atoms with Crippen LogP contribution in [0.25, 0.3) is 0 Å². The van der Waals surface area contributed by atoms with E-state index in [4.69, 9.17) is 4.74 Å². The van der Waals surface area contributed by atoms with E-state index in [-0.39, 0.29) is 11.9 Å². The number of hydrogen-bond acceptors (Lipinski definition) is 5. The fourth-order valence-corrected chi connectivity index (χ4v) is 4.25. The van der Waals surface area contributed by atoms with E-state index >= 15 is 0 Å². The number of carbonyl (C=O) groups excluding carboxylic acids is 1.